The Morgan fingerprint density at radius 3 is 2.57 bits per heavy atom. The minimum atomic E-state index is -0.405. The van der Waals surface area contributed by atoms with E-state index in [1.807, 2.05) is 40.0 Å². The number of amides is 1. The molecule has 188 valence electrons. The van der Waals surface area contributed by atoms with Crippen molar-refractivity contribution >= 4 is 17.4 Å². The summed E-state index contributed by atoms with van der Waals surface area (Å²) in [5, 5.41) is 17.8. The first-order chi connectivity index (χ1) is 18.2. The van der Waals surface area contributed by atoms with Gasteiger partial charge < -0.3 is 15.3 Å². The number of aliphatic hydroxyl groups excluding tert-OH is 1. The minimum Gasteiger partial charge on any atom is -0.387 e. The molecule has 2 unspecified atom stereocenters. The molecule has 3 aliphatic rings. The van der Waals surface area contributed by atoms with Crippen LogP contribution in [0.5, 0.6) is 0 Å². The molecule has 2 bridgehead atoms. The number of aromatic nitrogens is 4. The third kappa shape index (κ3) is 3.70. The molecule has 0 spiro atoms. The van der Waals surface area contributed by atoms with Gasteiger partial charge in [0.1, 0.15) is 12.4 Å². The van der Waals surface area contributed by atoms with Crippen molar-refractivity contribution in [1.29, 1.82) is 0 Å². The van der Waals surface area contributed by atoms with Crippen molar-refractivity contribution in [1.82, 2.24) is 24.5 Å². The predicted octanol–water partition coefficient (Wildman–Crippen LogP) is 4.05. The Balaban J connectivity index is 1.28. The van der Waals surface area contributed by atoms with Gasteiger partial charge in [0.2, 0.25) is 5.91 Å². The molecule has 7 rings (SSSR count). The van der Waals surface area contributed by atoms with E-state index in [4.69, 9.17) is 15.1 Å². The number of hydrogen-bond acceptors (Lipinski definition) is 6. The Labute approximate surface area is 215 Å². The molecule has 3 aliphatic heterocycles. The van der Waals surface area contributed by atoms with E-state index in [2.05, 4.69) is 29.6 Å². The van der Waals surface area contributed by atoms with Crippen molar-refractivity contribution in [2.45, 2.75) is 56.5 Å². The quantitative estimate of drug-likeness (QED) is 0.445. The summed E-state index contributed by atoms with van der Waals surface area (Å²) in [4.78, 5) is 24.4. The summed E-state index contributed by atoms with van der Waals surface area (Å²) >= 11 is 0. The summed E-state index contributed by atoms with van der Waals surface area (Å²) in [5.41, 5.74) is 7.25. The van der Waals surface area contributed by atoms with Crippen molar-refractivity contribution in [2.75, 3.05) is 18.5 Å². The Morgan fingerprint density at radius 1 is 1.03 bits per heavy atom. The fourth-order valence-corrected chi connectivity index (χ4v) is 6.71. The van der Waals surface area contributed by atoms with Crippen molar-refractivity contribution in [3.05, 3.63) is 66.1 Å². The lowest BCUT2D eigenvalue weighted by molar-refractivity contribution is -0.138. The molecular weight excluding hydrogens is 464 g/mol. The van der Waals surface area contributed by atoms with Gasteiger partial charge in [-0.1, -0.05) is 36.4 Å². The molecule has 2 N–H and O–H groups in total. The Kier molecular flexibility index (Phi) is 5.43. The number of nitrogens with one attached hydrogen (secondary N) is 1. The van der Waals surface area contributed by atoms with Gasteiger partial charge in [0.15, 0.2) is 5.65 Å². The highest BCUT2D eigenvalue weighted by atomic mass is 16.3. The number of pyridine rings is 1. The molecule has 0 saturated carbocycles. The topological polar surface area (TPSA) is 95.6 Å². The van der Waals surface area contributed by atoms with Crippen LogP contribution < -0.4 is 5.32 Å². The SMILES string of the molecule is O=C(CO)N1C2CCC1CC(c1nc3c(-c4ccc(-c5ccccc5)nc4)cnn3c3c1CCCN3)C2. The summed E-state index contributed by atoms with van der Waals surface area (Å²) in [6, 6.07) is 14.7. The molecule has 1 aromatic carbocycles. The summed E-state index contributed by atoms with van der Waals surface area (Å²) in [6.45, 7) is 0.514. The van der Waals surface area contributed by atoms with Gasteiger partial charge in [0, 0.05) is 53.0 Å². The number of anilines is 1. The molecule has 2 atom stereocenters. The first-order valence-electron chi connectivity index (χ1n) is 13.3. The molecule has 8 nitrogen and oxygen atoms in total. The lowest BCUT2D eigenvalue weighted by Crippen LogP contribution is -2.47. The Morgan fingerprint density at radius 2 is 1.84 bits per heavy atom. The molecule has 37 heavy (non-hydrogen) atoms. The van der Waals surface area contributed by atoms with Gasteiger partial charge in [-0.25, -0.2) is 4.98 Å². The Hall–Kier alpha value is -3.78. The number of benzene rings is 1. The largest absolute Gasteiger partial charge is 0.387 e. The Bertz CT molecular complexity index is 1450. The highest BCUT2D eigenvalue weighted by Crippen LogP contribution is 2.45. The number of hydrogen-bond donors (Lipinski definition) is 2. The maximum Gasteiger partial charge on any atom is 0.248 e. The zero-order valence-corrected chi connectivity index (χ0v) is 20.7. The van der Waals surface area contributed by atoms with Gasteiger partial charge in [-0.05, 0) is 44.6 Å². The van der Waals surface area contributed by atoms with Crippen LogP contribution in [-0.2, 0) is 11.2 Å². The molecule has 1 amide bonds. The lowest BCUT2D eigenvalue weighted by Gasteiger charge is -2.39. The molecule has 4 aromatic rings. The van der Waals surface area contributed by atoms with Crippen LogP contribution in [-0.4, -0.2) is 60.7 Å². The summed E-state index contributed by atoms with van der Waals surface area (Å²) in [6.07, 6.45) is 9.67. The minimum absolute atomic E-state index is 0.136. The third-order valence-electron chi connectivity index (χ3n) is 8.36. The van der Waals surface area contributed by atoms with Gasteiger partial charge >= 0.3 is 0 Å². The predicted molar refractivity (Wildman–Crippen MR) is 141 cm³/mol. The second kappa shape index (κ2) is 8.95. The number of fused-ring (bicyclic) bond motifs is 5. The monoisotopic (exact) mass is 494 g/mol. The second-order valence-corrected chi connectivity index (χ2v) is 10.5. The van der Waals surface area contributed by atoms with Crippen molar-refractivity contribution < 1.29 is 9.90 Å². The van der Waals surface area contributed by atoms with E-state index < -0.39 is 6.61 Å². The standard InChI is InChI=1S/C29H30N6O2/c36-17-26(37)34-21-9-10-22(34)14-20(13-21)27-23-7-4-12-30-28(23)35-29(33-27)24(16-32-35)19-8-11-25(31-15-19)18-5-2-1-3-6-18/h1-3,5-6,8,11,15-16,20-22,30,36H,4,7,9-10,12-14,17H2. The van der Waals surface area contributed by atoms with Crippen LogP contribution in [0.15, 0.2) is 54.9 Å². The molecule has 2 saturated heterocycles. The fraction of sp³-hybridized carbons (Fsp3) is 0.379. The van der Waals surface area contributed by atoms with E-state index in [0.717, 1.165) is 84.6 Å². The number of nitrogens with zero attached hydrogens (tertiary/aromatic N) is 5. The van der Waals surface area contributed by atoms with Crippen LogP contribution in [0.25, 0.3) is 28.0 Å². The number of carbonyl (C=O) groups is 1. The zero-order chi connectivity index (χ0) is 24.9. The number of carbonyl (C=O) groups excluding carboxylic acids is 1. The highest BCUT2D eigenvalue weighted by molar-refractivity contribution is 5.80. The van der Waals surface area contributed by atoms with E-state index in [9.17, 15) is 9.90 Å². The maximum atomic E-state index is 12.4. The van der Waals surface area contributed by atoms with Gasteiger partial charge in [0.25, 0.3) is 0 Å². The normalized spacial score (nSPS) is 22.6. The molecule has 3 aromatic heterocycles. The van der Waals surface area contributed by atoms with Crippen LogP contribution in [0, 0.1) is 0 Å². The zero-order valence-electron chi connectivity index (χ0n) is 20.7. The molecule has 6 heterocycles. The van der Waals surface area contributed by atoms with Crippen LogP contribution in [0.2, 0.25) is 0 Å². The average Bonchev–Trinajstić information content (AvgIpc) is 3.50. The highest BCUT2D eigenvalue weighted by Gasteiger charge is 2.44. The van der Waals surface area contributed by atoms with E-state index in [1.54, 1.807) is 0 Å². The molecule has 2 fully saturated rings. The third-order valence-corrected chi connectivity index (χ3v) is 8.36. The van der Waals surface area contributed by atoms with Crippen molar-refractivity contribution in [3.8, 4) is 22.4 Å². The second-order valence-electron chi connectivity index (χ2n) is 10.5. The summed E-state index contributed by atoms with van der Waals surface area (Å²) in [7, 11) is 0. The van der Waals surface area contributed by atoms with Crippen molar-refractivity contribution in [2.24, 2.45) is 0 Å². The number of rotatable bonds is 4. The molecule has 8 heteroatoms. The average molecular weight is 495 g/mol. The summed E-state index contributed by atoms with van der Waals surface area (Å²) < 4.78 is 1.96. The molecule has 0 aliphatic carbocycles. The van der Waals surface area contributed by atoms with E-state index in [1.165, 1.54) is 5.56 Å². The fourth-order valence-electron chi connectivity index (χ4n) is 6.71. The van der Waals surface area contributed by atoms with Crippen molar-refractivity contribution in [3.63, 3.8) is 0 Å². The van der Waals surface area contributed by atoms with Crippen LogP contribution >= 0.6 is 0 Å². The van der Waals surface area contributed by atoms with E-state index >= 15 is 0 Å². The maximum absolute atomic E-state index is 12.4. The smallest absolute Gasteiger partial charge is 0.248 e. The first kappa shape index (κ1) is 22.4. The summed E-state index contributed by atoms with van der Waals surface area (Å²) in [5.74, 6) is 1.20. The van der Waals surface area contributed by atoms with Crippen LogP contribution in [0.1, 0.15) is 49.3 Å². The number of aliphatic hydroxyl groups is 1. The van der Waals surface area contributed by atoms with E-state index in [-0.39, 0.29) is 18.0 Å². The van der Waals surface area contributed by atoms with Gasteiger partial charge in [0.05, 0.1) is 17.6 Å². The lowest BCUT2D eigenvalue weighted by atomic mass is 9.84. The first-order valence-corrected chi connectivity index (χ1v) is 13.3. The van der Waals surface area contributed by atoms with E-state index in [0.29, 0.717) is 5.92 Å². The van der Waals surface area contributed by atoms with Gasteiger partial charge in [-0.3, -0.25) is 9.78 Å². The van der Waals surface area contributed by atoms with Gasteiger partial charge in [-0.15, -0.1) is 0 Å². The van der Waals surface area contributed by atoms with Gasteiger partial charge in [-0.2, -0.15) is 9.61 Å². The number of piperidine rings is 1. The van der Waals surface area contributed by atoms with Crippen LogP contribution in [0.3, 0.4) is 0 Å². The van der Waals surface area contributed by atoms with Crippen LogP contribution in [0.4, 0.5) is 5.82 Å². The molecule has 0 radical (unpaired) electrons. The molecular formula is C29H30N6O2.